The highest BCUT2D eigenvalue weighted by Crippen LogP contribution is 2.18. The van der Waals surface area contributed by atoms with Crippen molar-refractivity contribution in [3.63, 3.8) is 0 Å². The lowest BCUT2D eigenvalue weighted by Gasteiger charge is -2.17. The Hall–Kier alpha value is -1.23. The molecule has 1 unspecified atom stereocenters. The number of hydrogen-bond acceptors (Lipinski definition) is 4. The van der Waals surface area contributed by atoms with Gasteiger partial charge in [-0.3, -0.25) is 4.79 Å². The van der Waals surface area contributed by atoms with Gasteiger partial charge in [0.15, 0.2) is 6.29 Å². The van der Waals surface area contributed by atoms with Gasteiger partial charge in [-0.15, -0.1) is 5.10 Å². The predicted octanol–water partition coefficient (Wildman–Crippen LogP) is 2.28. The lowest BCUT2D eigenvalue weighted by atomic mass is 10.0. The van der Waals surface area contributed by atoms with Gasteiger partial charge in [-0.25, -0.2) is 4.68 Å². The van der Waals surface area contributed by atoms with Crippen LogP contribution >= 0.6 is 0 Å². The monoisotopic (exact) mass is 253 g/mol. The van der Waals surface area contributed by atoms with Crippen molar-refractivity contribution in [1.29, 1.82) is 0 Å². The molecule has 0 aliphatic carbocycles. The Kier molecular flexibility index (Phi) is 5.98. The van der Waals surface area contributed by atoms with Crippen molar-refractivity contribution >= 4 is 6.29 Å². The summed E-state index contributed by atoms with van der Waals surface area (Å²) in [6.45, 7) is 7.01. The van der Waals surface area contributed by atoms with Crippen LogP contribution in [0.25, 0.3) is 0 Å². The quantitative estimate of drug-likeness (QED) is 0.667. The lowest BCUT2D eigenvalue weighted by Crippen LogP contribution is -2.18. The summed E-state index contributed by atoms with van der Waals surface area (Å²) in [5.41, 5.74) is 1.40. The number of carbonyl (C=O) groups excluding carboxylic acids is 1. The number of rotatable bonds is 8. The van der Waals surface area contributed by atoms with Crippen molar-refractivity contribution in [3.8, 4) is 0 Å². The molecule has 0 radical (unpaired) electrons. The fraction of sp³-hybridized carbons (Fsp3) is 0.769. The van der Waals surface area contributed by atoms with Crippen LogP contribution in [0.15, 0.2) is 0 Å². The first kappa shape index (κ1) is 14.8. The first-order valence-corrected chi connectivity index (χ1v) is 6.52. The Balaban J connectivity index is 2.95. The molecule has 0 aliphatic rings. The molecule has 1 atom stereocenters. The van der Waals surface area contributed by atoms with E-state index in [1.807, 2.05) is 4.68 Å². The van der Waals surface area contributed by atoms with Gasteiger partial charge in [-0.05, 0) is 25.2 Å². The number of hydrogen-bond donors (Lipinski definition) is 0. The van der Waals surface area contributed by atoms with E-state index in [4.69, 9.17) is 4.74 Å². The maximum atomic E-state index is 11.0. The fourth-order valence-corrected chi connectivity index (χ4v) is 1.93. The summed E-state index contributed by atoms with van der Waals surface area (Å²) in [7, 11) is 1.67. The van der Waals surface area contributed by atoms with E-state index in [0.717, 1.165) is 31.2 Å². The summed E-state index contributed by atoms with van der Waals surface area (Å²) < 4.78 is 7.05. The summed E-state index contributed by atoms with van der Waals surface area (Å²) in [6, 6.07) is 0.151. The van der Waals surface area contributed by atoms with Gasteiger partial charge < -0.3 is 4.74 Å². The molecule has 5 heteroatoms. The van der Waals surface area contributed by atoms with Crippen LogP contribution in [0.1, 0.15) is 55.8 Å². The highest BCUT2D eigenvalue weighted by Gasteiger charge is 2.18. The van der Waals surface area contributed by atoms with Crippen LogP contribution in [0.4, 0.5) is 0 Å². The van der Waals surface area contributed by atoms with Gasteiger partial charge in [-0.1, -0.05) is 26.0 Å². The summed E-state index contributed by atoms with van der Waals surface area (Å²) in [5, 5.41) is 8.06. The fourth-order valence-electron chi connectivity index (χ4n) is 1.93. The van der Waals surface area contributed by atoms with Crippen molar-refractivity contribution < 1.29 is 9.53 Å². The number of methoxy groups -OCH3 is 1. The average Bonchev–Trinajstić information content (AvgIpc) is 2.76. The Morgan fingerprint density at radius 3 is 2.67 bits per heavy atom. The highest BCUT2D eigenvalue weighted by atomic mass is 16.5. The SMILES string of the molecule is CCC(COC)n1nnc(C=O)c1CCC(C)C. The Labute approximate surface area is 109 Å². The Bertz CT molecular complexity index is 374. The number of aldehydes is 1. The number of nitrogens with zero attached hydrogens (tertiary/aromatic N) is 3. The molecule has 0 N–H and O–H groups in total. The topological polar surface area (TPSA) is 57.0 Å². The maximum absolute atomic E-state index is 11.0. The molecule has 1 heterocycles. The molecule has 0 amide bonds. The van der Waals surface area contributed by atoms with E-state index in [1.165, 1.54) is 0 Å². The second-order valence-corrected chi connectivity index (χ2v) is 4.93. The van der Waals surface area contributed by atoms with Gasteiger partial charge in [0, 0.05) is 7.11 Å². The third-order valence-corrected chi connectivity index (χ3v) is 3.07. The molecule has 0 fully saturated rings. The van der Waals surface area contributed by atoms with Crippen LogP contribution in [0.5, 0.6) is 0 Å². The first-order chi connectivity index (χ1) is 8.63. The molecule has 0 bridgehead atoms. The van der Waals surface area contributed by atoms with Crippen molar-refractivity contribution in [2.45, 2.75) is 46.1 Å². The molecule has 18 heavy (non-hydrogen) atoms. The second-order valence-electron chi connectivity index (χ2n) is 4.93. The van der Waals surface area contributed by atoms with E-state index < -0.39 is 0 Å². The van der Waals surface area contributed by atoms with Crippen LogP contribution in [-0.2, 0) is 11.2 Å². The minimum Gasteiger partial charge on any atom is -0.382 e. The zero-order valence-corrected chi connectivity index (χ0v) is 11.7. The Morgan fingerprint density at radius 2 is 2.17 bits per heavy atom. The molecular formula is C13H23N3O2. The second kappa shape index (κ2) is 7.26. The molecular weight excluding hydrogens is 230 g/mol. The lowest BCUT2D eigenvalue weighted by molar-refractivity contribution is 0.111. The van der Waals surface area contributed by atoms with Crippen molar-refractivity contribution in [2.24, 2.45) is 5.92 Å². The van der Waals surface area contributed by atoms with Crippen LogP contribution in [0.3, 0.4) is 0 Å². The molecule has 0 saturated carbocycles. The molecule has 1 rings (SSSR count). The first-order valence-electron chi connectivity index (χ1n) is 6.52. The Morgan fingerprint density at radius 1 is 1.44 bits per heavy atom. The van der Waals surface area contributed by atoms with E-state index in [9.17, 15) is 4.79 Å². The molecule has 0 aromatic carbocycles. The normalized spacial score (nSPS) is 12.9. The van der Waals surface area contributed by atoms with Gasteiger partial charge >= 0.3 is 0 Å². The summed E-state index contributed by atoms with van der Waals surface area (Å²) in [5.74, 6) is 0.593. The largest absolute Gasteiger partial charge is 0.382 e. The zero-order chi connectivity index (χ0) is 13.5. The number of aromatic nitrogens is 3. The van der Waals surface area contributed by atoms with Gasteiger partial charge in [0.05, 0.1) is 18.3 Å². The van der Waals surface area contributed by atoms with Crippen molar-refractivity contribution in [1.82, 2.24) is 15.0 Å². The smallest absolute Gasteiger partial charge is 0.172 e. The van der Waals surface area contributed by atoms with Crippen LogP contribution in [0.2, 0.25) is 0 Å². The van der Waals surface area contributed by atoms with Gasteiger partial charge in [0.2, 0.25) is 0 Å². The highest BCUT2D eigenvalue weighted by molar-refractivity contribution is 5.73. The third-order valence-electron chi connectivity index (χ3n) is 3.07. The third kappa shape index (κ3) is 3.63. The van der Waals surface area contributed by atoms with E-state index in [2.05, 4.69) is 31.1 Å². The summed E-state index contributed by atoms with van der Waals surface area (Å²) in [4.78, 5) is 11.0. The molecule has 1 aromatic heterocycles. The minimum atomic E-state index is 0.151. The molecule has 5 nitrogen and oxygen atoms in total. The van der Waals surface area contributed by atoms with Gasteiger partial charge in [-0.2, -0.15) is 0 Å². The number of carbonyl (C=O) groups is 1. The van der Waals surface area contributed by atoms with Gasteiger partial charge in [0.1, 0.15) is 5.69 Å². The molecule has 102 valence electrons. The van der Waals surface area contributed by atoms with Crippen LogP contribution in [0, 0.1) is 5.92 Å². The summed E-state index contributed by atoms with van der Waals surface area (Å²) in [6.07, 6.45) is 3.56. The predicted molar refractivity (Wildman–Crippen MR) is 69.8 cm³/mol. The summed E-state index contributed by atoms with van der Waals surface area (Å²) >= 11 is 0. The molecule has 0 spiro atoms. The zero-order valence-electron chi connectivity index (χ0n) is 11.7. The van der Waals surface area contributed by atoms with Crippen molar-refractivity contribution in [2.75, 3.05) is 13.7 Å². The van der Waals surface area contributed by atoms with E-state index in [0.29, 0.717) is 18.2 Å². The van der Waals surface area contributed by atoms with Crippen LogP contribution in [-0.4, -0.2) is 35.0 Å². The number of ether oxygens (including phenoxy) is 1. The average molecular weight is 253 g/mol. The van der Waals surface area contributed by atoms with Gasteiger partial charge in [0.25, 0.3) is 0 Å². The minimum absolute atomic E-state index is 0.151. The van der Waals surface area contributed by atoms with E-state index in [1.54, 1.807) is 7.11 Å². The van der Waals surface area contributed by atoms with E-state index in [-0.39, 0.29) is 6.04 Å². The van der Waals surface area contributed by atoms with Crippen LogP contribution < -0.4 is 0 Å². The maximum Gasteiger partial charge on any atom is 0.172 e. The molecule has 1 aromatic rings. The van der Waals surface area contributed by atoms with E-state index >= 15 is 0 Å². The molecule has 0 saturated heterocycles. The van der Waals surface area contributed by atoms with Crippen molar-refractivity contribution in [3.05, 3.63) is 11.4 Å². The standard InChI is InChI=1S/C13H23N3O2/c1-5-11(9-18-4)16-13(7-6-10(2)3)12(8-17)14-15-16/h8,10-11H,5-7,9H2,1-4H3. The molecule has 0 aliphatic heterocycles.